The second kappa shape index (κ2) is 6.64. The van der Waals surface area contributed by atoms with Crippen LogP contribution in [0.1, 0.15) is 16.7 Å². The van der Waals surface area contributed by atoms with Crippen LogP contribution in [0.5, 0.6) is 11.5 Å². The first kappa shape index (κ1) is 15.4. The number of nitrogens with two attached hydrogens (primary N) is 1. The highest BCUT2D eigenvalue weighted by atomic mass is 16.5. The average Bonchev–Trinajstić information content (AvgIpc) is 2.47. The molecule has 0 aromatic heterocycles. The largest absolute Gasteiger partial charge is 0.493 e. The van der Waals surface area contributed by atoms with Gasteiger partial charge in [0.05, 0.1) is 14.2 Å². The predicted octanol–water partition coefficient (Wildman–Crippen LogP) is 3.49. The molecule has 3 heteroatoms. The van der Waals surface area contributed by atoms with E-state index in [1.807, 2.05) is 6.07 Å². The van der Waals surface area contributed by atoms with E-state index in [0.29, 0.717) is 6.54 Å². The summed E-state index contributed by atoms with van der Waals surface area (Å²) in [5.41, 5.74) is 11.6. The molecule has 0 fully saturated rings. The van der Waals surface area contributed by atoms with Gasteiger partial charge in [-0.3, -0.25) is 0 Å². The minimum absolute atomic E-state index is 0.613. The van der Waals surface area contributed by atoms with Gasteiger partial charge in [0.15, 0.2) is 11.5 Å². The number of hydrogen-bond donors (Lipinski definition) is 1. The van der Waals surface area contributed by atoms with E-state index >= 15 is 0 Å². The normalized spacial score (nSPS) is 10.5. The molecule has 112 valence electrons. The maximum absolute atomic E-state index is 5.70. The second-order valence-corrected chi connectivity index (χ2v) is 5.18. The van der Waals surface area contributed by atoms with Crippen LogP contribution in [0.25, 0.3) is 11.1 Å². The van der Waals surface area contributed by atoms with Crippen molar-refractivity contribution in [3.05, 3.63) is 47.0 Å². The third-order valence-electron chi connectivity index (χ3n) is 3.72. The van der Waals surface area contributed by atoms with E-state index in [9.17, 15) is 0 Å². The van der Waals surface area contributed by atoms with Crippen molar-refractivity contribution in [1.82, 2.24) is 0 Å². The van der Waals surface area contributed by atoms with Crippen LogP contribution < -0.4 is 15.2 Å². The number of methoxy groups -OCH3 is 2. The topological polar surface area (TPSA) is 44.5 Å². The maximum Gasteiger partial charge on any atom is 0.168 e. The third kappa shape index (κ3) is 3.03. The molecule has 0 amide bonds. The quantitative estimate of drug-likeness (QED) is 0.914. The summed E-state index contributed by atoms with van der Waals surface area (Å²) >= 11 is 0. The van der Waals surface area contributed by atoms with Crippen LogP contribution in [-0.4, -0.2) is 20.8 Å². The zero-order valence-corrected chi connectivity index (χ0v) is 13.2. The summed E-state index contributed by atoms with van der Waals surface area (Å²) in [6, 6.07) is 10.5. The number of ether oxygens (including phenoxy) is 2. The fourth-order valence-electron chi connectivity index (χ4n) is 2.76. The van der Waals surface area contributed by atoms with Gasteiger partial charge < -0.3 is 15.2 Å². The molecule has 2 aromatic carbocycles. The zero-order chi connectivity index (χ0) is 15.4. The molecule has 0 bridgehead atoms. The Morgan fingerprint density at radius 2 is 1.67 bits per heavy atom. The van der Waals surface area contributed by atoms with Crippen molar-refractivity contribution in [3.63, 3.8) is 0 Å². The summed E-state index contributed by atoms with van der Waals surface area (Å²) in [7, 11) is 3.34. The van der Waals surface area contributed by atoms with Gasteiger partial charge in [-0.25, -0.2) is 0 Å². The van der Waals surface area contributed by atoms with Gasteiger partial charge in [0.25, 0.3) is 0 Å². The smallest absolute Gasteiger partial charge is 0.168 e. The summed E-state index contributed by atoms with van der Waals surface area (Å²) in [5, 5.41) is 0. The van der Waals surface area contributed by atoms with Crippen LogP contribution in [0.2, 0.25) is 0 Å². The van der Waals surface area contributed by atoms with Crippen molar-refractivity contribution in [2.24, 2.45) is 5.73 Å². The van der Waals surface area contributed by atoms with Crippen LogP contribution in [0, 0.1) is 13.8 Å². The molecule has 0 saturated heterocycles. The lowest BCUT2D eigenvalue weighted by atomic mass is 9.93. The van der Waals surface area contributed by atoms with Crippen LogP contribution in [0.15, 0.2) is 30.3 Å². The fourth-order valence-corrected chi connectivity index (χ4v) is 2.76. The Morgan fingerprint density at radius 3 is 2.19 bits per heavy atom. The van der Waals surface area contributed by atoms with Gasteiger partial charge in [0.1, 0.15) is 0 Å². The van der Waals surface area contributed by atoms with Crippen molar-refractivity contribution < 1.29 is 9.47 Å². The lowest BCUT2D eigenvalue weighted by molar-refractivity contribution is 0.355. The molecule has 2 rings (SSSR count). The van der Waals surface area contributed by atoms with Gasteiger partial charge in [-0.2, -0.15) is 0 Å². The first-order valence-corrected chi connectivity index (χ1v) is 7.14. The van der Waals surface area contributed by atoms with E-state index in [-0.39, 0.29) is 0 Å². The van der Waals surface area contributed by atoms with Crippen LogP contribution in [0.4, 0.5) is 0 Å². The zero-order valence-electron chi connectivity index (χ0n) is 13.2. The first-order chi connectivity index (χ1) is 10.1. The molecular weight excluding hydrogens is 262 g/mol. The Bertz CT molecular complexity index is 615. The molecule has 2 aromatic rings. The minimum atomic E-state index is 0.613. The van der Waals surface area contributed by atoms with Crippen LogP contribution in [0.3, 0.4) is 0 Å². The van der Waals surface area contributed by atoms with Crippen molar-refractivity contribution in [2.75, 3.05) is 20.8 Å². The van der Waals surface area contributed by atoms with E-state index in [1.54, 1.807) is 14.2 Å². The summed E-state index contributed by atoms with van der Waals surface area (Å²) in [6.07, 6.45) is 0.818. The molecule has 0 unspecified atom stereocenters. The SMILES string of the molecule is COc1cc(CCN)cc(-c2c(C)cccc2C)c1OC. The standard InChI is InChI=1S/C18H23NO2/c1-12-6-5-7-13(2)17(12)15-10-14(8-9-19)11-16(20-3)18(15)21-4/h5-7,10-11H,8-9,19H2,1-4H3. The lowest BCUT2D eigenvalue weighted by Gasteiger charge is -2.18. The molecule has 0 heterocycles. The summed E-state index contributed by atoms with van der Waals surface area (Å²) in [4.78, 5) is 0. The van der Waals surface area contributed by atoms with Gasteiger partial charge in [-0.15, -0.1) is 0 Å². The molecule has 21 heavy (non-hydrogen) atoms. The number of rotatable bonds is 5. The molecule has 0 aliphatic heterocycles. The molecule has 0 saturated carbocycles. The molecule has 0 atom stereocenters. The van der Waals surface area contributed by atoms with E-state index in [4.69, 9.17) is 15.2 Å². The van der Waals surface area contributed by atoms with Crippen molar-refractivity contribution in [1.29, 1.82) is 0 Å². The molecule has 0 radical (unpaired) electrons. The average molecular weight is 285 g/mol. The summed E-state index contributed by atoms with van der Waals surface area (Å²) in [6.45, 7) is 4.84. The maximum atomic E-state index is 5.70. The van der Waals surface area contributed by atoms with Gasteiger partial charge in [-0.05, 0) is 61.2 Å². The number of benzene rings is 2. The van der Waals surface area contributed by atoms with Gasteiger partial charge in [0.2, 0.25) is 0 Å². The van der Waals surface area contributed by atoms with Gasteiger partial charge in [0, 0.05) is 5.56 Å². The highest BCUT2D eigenvalue weighted by molar-refractivity contribution is 5.79. The summed E-state index contributed by atoms with van der Waals surface area (Å²) in [5.74, 6) is 1.52. The molecule has 3 nitrogen and oxygen atoms in total. The van der Waals surface area contributed by atoms with E-state index in [0.717, 1.165) is 29.0 Å². The molecular formula is C18H23NO2. The van der Waals surface area contributed by atoms with E-state index in [2.05, 4.69) is 38.1 Å². The Labute approximate surface area is 126 Å². The van der Waals surface area contributed by atoms with Crippen LogP contribution in [-0.2, 0) is 6.42 Å². The lowest BCUT2D eigenvalue weighted by Crippen LogP contribution is -2.04. The Morgan fingerprint density at radius 1 is 1.00 bits per heavy atom. The highest BCUT2D eigenvalue weighted by Crippen LogP contribution is 2.41. The monoisotopic (exact) mass is 285 g/mol. The van der Waals surface area contributed by atoms with Gasteiger partial charge in [-0.1, -0.05) is 18.2 Å². The van der Waals surface area contributed by atoms with Crippen molar-refractivity contribution >= 4 is 0 Å². The Hall–Kier alpha value is -2.00. The molecule has 0 spiro atoms. The van der Waals surface area contributed by atoms with Crippen LogP contribution >= 0.6 is 0 Å². The second-order valence-electron chi connectivity index (χ2n) is 5.18. The number of hydrogen-bond acceptors (Lipinski definition) is 3. The molecule has 2 N–H and O–H groups in total. The Balaban J connectivity index is 2.73. The van der Waals surface area contributed by atoms with E-state index < -0.39 is 0 Å². The molecule has 0 aliphatic carbocycles. The van der Waals surface area contributed by atoms with Gasteiger partial charge >= 0.3 is 0 Å². The summed E-state index contributed by atoms with van der Waals surface area (Å²) < 4.78 is 11.1. The fraction of sp³-hybridized carbons (Fsp3) is 0.333. The first-order valence-electron chi connectivity index (χ1n) is 7.14. The van der Waals surface area contributed by atoms with Crippen molar-refractivity contribution in [3.8, 4) is 22.6 Å². The van der Waals surface area contributed by atoms with Crippen molar-refractivity contribution in [2.45, 2.75) is 20.3 Å². The predicted molar refractivity (Wildman–Crippen MR) is 87.2 cm³/mol. The minimum Gasteiger partial charge on any atom is -0.493 e. The Kier molecular flexibility index (Phi) is 4.86. The highest BCUT2D eigenvalue weighted by Gasteiger charge is 2.16. The van der Waals surface area contributed by atoms with E-state index in [1.165, 1.54) is 16.7 Å². The number of aryl methyl sites for hydroxylation is 2. The molecule has 0 aliphatic rings. The third-order valence-corrected chi connectivity index (χ3v) is 3.72.